The van der Waals surface area contributed by atoms with Crippen LogP contribution in [0, 0.1) is 0 Å². The third-order valence-electron chi connectivity index (χ3n) is 10.3. The molecule has 6 aromatic rings. The number of rotatable bonds is 6. The maximum atomic E-state index is 14.2. The van der Waals surface area contributed by atoms with E-state index in [-0.39, 0.29) is 0 Å². The molecule has 0 aliphatic carbocycles. The summed E-state index contributed by atoms with van der Waals surface area (Å²) in [6, 6.07) is 1.34. The molecular weight excluding hydrogens is 1090 g/mol. The average Bonchev–Trinajstić information content (AvgIpc) is 3.54. The topological polar surface area (TPSA) is 3.88 Å². The molecule has 0 N–H and O–H groups in total. The predicted molar refractivity (Wildman–Crippen MR) is 210 cm³/mol. The first-order chi connectivity index (χ1) is 32.0. The van der Waals surface area contributed by atoms with Gasteiger partial charge in [0.2, 0.25) is 5.51 Å². The SMILES string of the molecule is Clc1sc[n+](Cc2ccccc2)c1Cl.FC(F)(F)c1cc([B-](c2cc(C(F)(F)F)cc(C(F)(F)F)c2)(c2cc(C(F)(F)F)cc(C(F)(F)F)c2)c2cc(C(F)(F)F)cc(C(F)(F)F)c2)cc(C(F)(F)F)c1. The molecule has 0 saturated heterocycles. The Hall–Kier alpha value is -5.31. The van der Waals surface area contributed by atoms with Gasteiger partial charge >= 0.3 is 54.6 Å². The van der Waals surface area contributed by atoms with Crippen molar-refractivity contribution in [2.24, 2.45) is 0 Å². The van der Waals surface area contributed by atoms with Crippen LogP contribution >= 0.6 is 34.5 Å². The minimum atomic E-state index is -6.13. The molecule has 0 amide bonds. The summed E-state index contributed by atoms with van der Waals surface area (Å²) >= 11 is 13.3. The normalized spacial score (nSPS) is 13.5. The van der Waals surface area contributed by atoms with Crippen molar-refractivity contribution in [3.05, 3.63) is 168 Å². The van der Waals surface area contributed by atoms with Crippen LogP contribution in [-0.2, 0) is 56.0 Å². The van der Waals surface area contributed by atoms with E-state index in [1.807, 2.05) is 28.3 Å². The van der Waals surface area contributed by atoms with Crippen LogP contribution in [0.1, 0.15) is 50.1 Å². The van der Waals surface area contributed by atoms with Gasteiger partial charge in [0.05, 0.1) is 44.5 Å². The second-order valence-electron chi connectivity index (χ2n) is 15.1. The highest BCUT2D eigenvalue weighted by Gasteiger charge is 2.47. The molecule has 0 radical (unpaired) electrons. The Morgan fingerprint density at radius 2 is 0.577 bits per heavy atom. The van der Waals surface area contributed by atoms with Gasteiger partial charge in [-0.15, -0.1) is 0 Å². The van der Waals surface area contributed by atoms with Crippen LogP contribution in [0.15, 0.2) is 109 Å². The highest BCUT2D eigenvalue weighted by atomic mass is 35.5. The number of hydrogen-bond donors (Lipinski definition) is 0. The van der Waals surface area contributed by atoms with Crippen molar-refractivity contribution in [2.45, 2.75) is 56.0 Å². The van der Waals surface area contributed by atoms with E-state index in [2.05, 4.69) is 12.1 Å². The Kier molecular flexibility index (Phi) is 15.4. The molecule has 1 aromatic heterocycles. The smallest absolute Gasteiger partial charge is 0.194 e. The van der Waals surface area contributed by atoms with Crippen molar-refractivity contribution < 1.29 is 110 Å². The summed E-state index contributed by atoms with van der Waals surface area (Å²) < 4.78 is 343. The summed E-state index contributed by atoms with van der Waals surface area (Å²) in [7, 11) is 0. The molecule has 0 aliphatic rings. The van der Waals surface area contributed by atoms with Crippen molar-refractivity contribution >= 4 is 62.5 Å². The number of benzene rings is 5. The first-order valence-corrected chi connectivity index (χ1v) is 20.4. The Bertz CT molecular complexity index is 2430. The van der Waals surface area contributed by atoms with E-state index in [4.69, 9.17) is 23.2 Å². The van der Waals surface area contributed by atoms with Gasteiger partial charge in [0.1, 0.15) is 6.15 Å². The van der Waals surface area contributed by atoms with E-state index in [0.717, 1.165) is 6.54 Å². The molecule has 29 heteroatoms. The molecule has 6 rings (SSSR count). The fourth-order valence-electron chi connectivity index (χ4n) is 7.28. The van der Waals surface area contributed by atoms with Crippen LogP contribution in [0.5, 0.6) is 0 Å². The highest BCUT2D eigenvalue weighted by molar-refractivity contribution is 7.20. The quantitative estimate of drug-likeness (QED) is 0.0889. The van der Waals surface area contributed by atoms with E-state index in [0.29, 0.717) is 9.49 Å². The fraction of sp³-hybridized carbons (Fsp3) is 0.214. The molecule has 0 aliphatic heterocycles. The maximum absolute atomic E-state index is 14.2. The molecule has 0 unspecified atom stereocenters. The van der Waals surface area contributed by atoms with Crippen molar-refractivity contribution in [3.63, 3.8) is 0 Å². The zero-order chi connectivity index (χ0) is 53.9. The lowest BCUT2D eigenvalue weighted by molar-refractivity contribution is -0.681. The lowest BCUT2D eigenvalue weighted by Gasteiger charge is -2.46. The van der Waals surface area contributed by atoms with Gasteiger partial charge in [-0.3, -0.25) is 0 Å². The van der Waals surface area contributed by atoms with Crippen LogP contribution in [0.2, 0.25) is 9.49 Å². The molecule has 1 nitrogen and oxygen atoms in total. The van der Waals surface area contributed by atoms with E-state index in [1.54, 1.807) is 0 Å². The third-order valence-corrected chi connectivity index (χ3v) is 12.2. The van der Waals surface area contributed by atoms with Crippen LogP contribution < -0.4 is 26.4 Å². The van der Waals surface area contributed by atoms with E-state index >= 15 is 0 Å². The van der Waals surface area contributed by atoms with Gasteiger partial charge < -0.3 is 0 Å². The van der Waals surface area contributed by atoms with E-state index in [9.17, 15) is 105 Å². The first-order valence-electron chi connectivity index (χ1n) is 18.7. The van der Waals surface area contributed by atoms with Crippen LogP contribution in [0.4, 0.5) is 105 Å². The summed E-state index contributed by atoms with van der Waals surface area (Å²) in [4.78, 5) is 0. The Morgan fingerprint density at radius 1 is 0.352 bits per heavy atom. The van der Waals surface area contributed by atoms with Crippen LogP contribution in [-0.4, -0.2) is 6.15 Å². The average molecular weight is 1110 g/mol. The Balaban J connectivity index is 0.000000569. The van der Waals surface area contributed by atoms with Gasteiger partial charge in [0, 0.05) is 5.56 Å². The van der Waals surface area contributed by atoms with Gasteiger partial charge in [0.25, 0.3) is 0 Å². The number of thiazole rings is 1. The van der Waals surface area contributed by atoms with Crippen molar-refractivity contribution in [2.75, 3.05) is 0 Å². The Labute approximate surface area is 395 Å². The lowest BCUT2D eigenvalue weighted by atomic mass is 9.12. The van der Waals surface area contributed by atoms with Crippen molar-refractivity contribution in [1.82, 2.24) is 0 Å². The number of halogens is 26. The van der Waals surface area contributed by atoms with Gasteiger partial charge in [0.15, 0.2) is 10.9 Å². The van der Waals surface area contributed by atoms with E-state index in [1.165, 1.54) is 16.9 Å². The first kappa shape index (κ1) is 56.6. The maximum Gasteiger partial charge on any atom is 0.416 e. The predicted octanol–water partition coefficient (Wildman–Crippen LogP) is 14.6. The standard InChI is InChI=1S/C32H12BF24.C10H8Cl2NS/c34-25(35,36)13-1-14(26(37,38)39)6-21(5-13)33(22-7-15(27(40,41)42)2-16(8-22)28(43,44)45,23-9-17(29(46,47)48)3-18(10-23)30(49,50)51)24-11-19(31(52,53)54)4-20(12-24)32(55,56)57;11-9-10(12)14-7-13(9)6-8-4-2-1-3-5-8/h1-12H;1-5,7H,6H2/q-1;+1. The van der Waals surface area contributed by atoms with E-state index < -0.39 is 195 Å². The van der Waals surface area contributed by atoms with Gasteiger partial charge in [-0.2, -0.15) is 132 Å². The molecular formula is C42H20BCl2F24NS. The van der Waals surface area contributed by atoms with Gasteiger partial charge in [-0.1, -0.05) is 102 Å². The van der Waals surface area contributed by atoms with Crippen LogP contribution in [0.3, 0.4) is 0 Å². The molecule has 0 fully saturated rings. The molecule has 0 saturated carbocycles. The monoisotopic (exact) mass is 1110 g/mol. The number of alkyl halides is 24. The molecule has 5 aromatic carbocycles. The van der Waals surface area contributed by atoms with Crippen molar-refractivity contribution in [1.29, 1.82) is 0 Å². The second kappa shape index (κ2) is 19.3. The molecule has 71 heavy (non-hydrogen) atoms. The number of nitrogens with zero attached hydrogens (tertiary/aromatic N) is 1. The number of aromatic nitrogens is 1. The largest absolute Gasteiger partial charge is 0.416 e. The zero-order valence-electron chi connectivity index (χ0n) is 33.9. The summed E-state index contributed by atoms with van der Waals surface area (Å²) in [5.74, 6) is 0. The summed E-state index contributed by atoms with van der Waals surface area (Å²) in [6.45, 7) is 0.767. The summed E-state index contributed by atoms with van der Waals surface area (Å²) in [5, 5.41) is 0.612. The number of hydrogen-bond acceptors (Lipinski definition) is 1. The molecule has 0 atom stereocenters. The molecule has 0 bridgehead atoms. The van der Waals surface area contributed by atoms with Gasteiger partial charge in [-0.05, 0) is 35.9 Å². The summed E-state index contributed by atoms with van der Waals surface area (Å²) in [5.41, 5.74) is -27.1. The molecule has 0 spiro atoms. The van der Waals surface area contributed by atoms with Crippen LogP contribution in [0.25, 0.3) is 0 Å². The third kappa shape index (κ3) is 13.0. The highest BCUT2D eigenvalue weighted by Crippen LogP contribution is 2.41. The fourth-order valence-corrected chi connectivity index (χ4v) is 8.42. The second-order valence-corrected chi connectivity index (χ2v) is 16.9. The minimum absolute atomic E-state index is 0.612. The van der Waals surface area contributed by atoms with Crippen molar-refractivity contribution in [3.8, 4) is 0 Å². The minimum Gasteiger partial charge on any atom is -0.194 e. The molecule has 1 heterocycles. The Morgan fingerprint density at radius 3 is 0.761 bits per heavy atom. The lowest BCUT2D eigenvalue weighted by Crippen LogP contribution is -2.75. The summed E-state index contributed by atoms with van der Waals surface area (Å²) in [6.07, 6.45) is -54.8. The van der Waals surface area contributed by atoms with Gasteiger partial charge in [-0.25, -0.2) is 0 Å². The molecule has 384 valence electrons. The zero-order valence-corrected chi connectivity index (χ0v) is 36.2.